The van der Waals surface area contributed by atoms with E-state index in [2.05, 4.69) is 15.5 Å². The SMILES string of the molecule is O=C(Nc1ccc(Oc2ccccc2)cc1)c1ccc2c(c1)NC(=O)[C@H]1CCCN21. The van der Waals surface area contributed by atoms with Gasteiger partial charge in [-0.3, -0.25) is 9.59 Å². The molecule has 1 atom stereocenters. The van der Waals surface area contributed by atoms with Crippen LogP contribution in [0.3, 0.4) is 0 Å². The second-order valence-electron chi connectivity index (χ2n) is 7.47. The van der Waals surface area contributed by atoms with Gasteiger partial charge in [0.25, 0.3) is 5.91 Å². The highest BCUT2D eigenvalue weighted by molar-refractivity contribution is 6.08. The van der Waals surface area contributed by atoms with Gasteiger partial charge in [-0.05, 0) is 67.4 Å². The van der Waals surface area contributed by atoms with Gasteiger partial charge in [0.05, 0.1) is 11.4 Å². The predicted molar refractivity (Wildman–Crippen MR) is 116 cm³/mol. The van der Waals surface area contributed by atoms with Crippen molar-refractivity contribution in [2.75, 3.05) is 22.1 Å². The van der Waals surface area contributed by atoms with E-state index in [9.17, 15) is 9.59 Å². The van der Waals surface area contributed by atoms with Gasteiger partial charge in [-0.15, -0.1) is 0 Å². The molecule has 0 radical (unpaired) electrons. The Kier molecular flexibility index (Phi) is 4.59. The first-order valence-corrected chi connectivity index (χ1v) is 10.0. The molecule has 2 heterocycles. The van der Waals surface area contributed by atoms with Crippen LogP contribution in [0.4, 0.5) is 17.1 Å². The largest absolute Gasteiger partial charge is 0.457 e. The minimum Gasteiger partial charge on any atom is -0.457 e. The Morgan fingerprint density at radius 2 is 1.77 bits per heavy atom. The summed E-state index contributed by atoms with van der Waals surface area (Å²) in [6, 6.07) is 22.1. The summed E-state index contributed by atoms with van der Waals surface area (Å²) in [6.07, 6.45) is 1.88. The fourth-order valence-electron chi connectivity index (χ4n) is 4.01. The number of benzene rings is 3. The number of amides is 2. The molecular formula is C24H21N3O3. The summed E-state index contributed by atoms with van der Waals surface area (Å²) in [6.45, 7) is 0.869. The number of fused-ring (bicyclic) bond motifs is 3. The topological polar surface area (TPSA) is 70.7 Å². The Labute approximate surface area is 174 Å². The maximum atomic E-state index is 12.7. The molecule has 6 heteroatoms. The van der Waals surface area contributed by atoms with Crippen molar-refractivity contribution >= 4 is 28.9 Å². The number of carbonyl (C=O) groups excluding carboxylic acids is 2. The summed E-state index contributed by atoms with van der Waals surface area (Å²) in [5.41, 5.74) is 2.84. The molecule has 6 nitrogen and oxygen atoms in total. The molecule has 2 amide bonds. The third kappa shape index (κ3) is 3.48. The van der Waals surface area contributed by atoms with E-state index < -0.39 is 0 Å². The zero-order chi connectivity index (χ0) is 20.5. The number of hydrogen-bond donors (Lipinski definition) is 2. The summed E-state index contributed by atoms with van der Waals surface area (Å²) in [7, 11) is 0. The number of anilines is 3. The second-order valence-corrected chi connectivity index (χ2v) is 7.47. The summed E-state index contributed by atoms with van der Waals surface area (Å²) < 4.78 is 5.77. The van der Waals surface area contributed by atoms with Crippen molar-refractivity contribution in [1.29, 1.82) is 0 Å². The molecule has 0 bridgehead atoms. The lowest BCUT2D eigenvalue weighted by Crippen LogP contribution is -2.43. The molecule has 30 heavy (non-hydrogen) atoms. The molecule has 2 aliphatic heterocycles. The Balaban J connectivity index is 1.29. The van der Waals surface area contributed by atoms with Crippen LogP contribution in [0.5, 0.6) is 11.5 Å². The van der Waals surface area contributed by atoms with Gasteiger partial charge in [0.2, 0.25) is 5.91 Å². The van der Waals surface area contributed by atoms with E-state index in [1.165, 1.54) is 0 Å². The number of nitrogens with one attached hydrogen (secondary N) is 2. The average Bonchev–Trinajstić information content (AvgIpc) is 3.26. The van der Waals surface area contributed by atoms with E-state index in [1.807, 2.05) is 48.5 Å². The molecule has 0 saturated carbocycles. The third-order valence-corrected chi connectivity index (χ3v) is 5.47. The molecule has 2 aliphatic rings. The molecule has 1 fully saturated rings. The monoisotopic (exact) mass is 399 g/mol. The Bertz CT molecular complexity index is 1100. The number of nitrogens with zero attached hydrogens (tertiary/aromatic N) is 1. The van der Waals surface area contributed by atoms with E-state index in [0.717, 1.165) is 30.8 Å². The molecule has 3 aromatic rings. The standard InChI is InChI=1S/C24H21N3O3/c28-23(25-17-9-11-19(12-10-17)30-18-5-2-1-3-6-18)16-8-13-21-20(15-16)26-24(29)22-7-4-14-27(21)22/h1-3,5-6,8-13,15,22H,4,7,14H2,(H,25,28)(H,26,29)/t22-/m1/s1. The maximum Gasteiger partial charge on any atom is 0.255 e. The Morgan fingerprint density at radius 1 is 1.00 bits per heavy atom. The van der Waals surface area contributed by atoms with Crippen molar-refractivity contribution < 1.29 is 14.3 Å². The lowest BCUT2D eigenvalue weighted by molar-refractivity contribution is -0.117. The quantitative estimate of drug-likeness (QED) is 0.670. The molecular weight excluding hydrogens is 378 g/mol. The highest BCUT2D eigenvalue weighted by Crippen LogP contribution is 2.37. The van der Waals surface area contributed by atoms with Gasteiger partial charge in [0.15, 0.2) is 0 Å². The van der Waals surface area contributed by atoms with E-state index in [1.54, 1.807) is 24.3 Å². The first-order valence-electron chi connectivity index (χ1n) is 10.0. The molecule has 150 valence electrons. The normalized spacial score (nSPS) is 17.0. The van der Waals surface area contributed by atoms with Crippen LogP contribution in [0.2, 0.25) is 0 Å². The molecule has 3 aromatic carbocycles. The number of rotatable bonds is 4. The van der Waals surface area contributed by atoms with Crippen LogP contribution in [0, 0.1) is 0 Å². The van der Waals surface area contributed by atoms with E-state index in [-0.39, 0.29) is 17.9 Å². The molecule has 2 N–H and O–H groups in total. The summed E-state index contributed by atoms with van der Waals surface area (Å²) in [4.78, 5) is 27.2. The first kappa shape index (κ1) is 18.2. The highest BCUT2D eigenvalue weighted by Gasteiger charge is 2.36. The van der Waals surface area contributed by atoms with Gasteiger partial charge in [-0.2, -0.15) is 0 Å². The summed E-state index contributed by atoms with van der Waals surface area (Å²) in [5, 5.41) is 5.84. The lowest BCUT2D eigenvalue weighted by Gasteiger charge is -2.33. The number of para-hydroxylation sites is 1. The molecule has 0 unspecified atom stereocenters. The summed E-state index contributed by atoms with van der Waals surface area (Å²) >= 11 is 0. The van der Waals surface area contributed by atoms with Gasteiger partial charge in [0.1, 0.15) is 17.5 Å². The van der Waals surface area contributed by atoms with Crippen molar-refractivity contribution in [1.82, 2.24) is 0 Å². The second kappa shape index (κ2) is 7.55. The zero-order valence-electron chi connectivity index (χ0n) is 16.3. The van der Waals surface area contributed by atoms with E-state index >= 15 is 0 Å². The Hall–Kier alpha value is -3.80. The first-order chi connectivity index (χ1) is 14.7. The van der Waals surface area contributed by atoms with Crippen LogP contribution >= 0.6 is 0 Å². The minimum absolute atomic E-state index is 0.00608. The van der Waals surface area contributed by atoms with Gasteiger partial charge in [0, 0.05) is 17.8 Å². The number of ether oxygens (including phenoxy) is 1. The van der Waals surface area contributed by atoms with Crippen LogP contribution in [0.15, 0.2) is 72.8 Å². The fraction of sp³-hybridized carbons (Fsp3) is 0.167. The van der Waals surface area contributed by atoms with E-state index in [0.29, 0.717) is 22.7 Å². The van der Waals surface area contributed by atoms with Crippen molar-refractivity contribution in [3.63, 3.8) is 0 Å². The zero-order valence-corrected chi connectivity index (χ0v) is 16.3. The minimum atomic E-state index is -0.229. The van der Waals surface area contributed by atoms with Crippen LogP contribution in [0.1, 0.15) is 23.2 Å². The van der Waals surface area contributed by atoms with Gasteiger partial charge in [-0.1, -0.05) is 18.2 Å². The van der Waals surface area contributed by atoms with Crippen LogP contribution in [-0.2, 0) is 4.79 Å². The fourth-order valence-corrected chi connectivity index (χ4v) is 4.01. The Morgan fingerprint density at radius 3 is 2.57 bits per heavy atom. The van der Waals surface area contributed by atoms with Crippen molar-refractivity contribution in [2.24, 2.45) is 0 Å². The lowest BCUT2D eigenvalue weighted by atomic mass is 10.1. The predicted octanol–water partition coefficient (Wildman–Crippen LogP) is 4.65. The number of carbonyl (C=O) groups is 2. The molecule has 1 saturated heterocycles. The highest BCUT2D eigenvalue weighted by atomic mass is 16.5. The molecule has 0 aliphatic carbocycles. The van der Waals surface area contributed by atoms with Crippen LogP contribution < -0.4 is 20.3 Å². The van der Waals surface area contributed by atoms with Crippen LogP contribution in [0.25, 0.3) is 0 Å². The summed E-state index contributed by atoms with van der Waals surface area (Å²) in [5.74, 6) is 1.22. The average molecular weight is 399 g/mol. The van der Waals surface area contributed by atoms with Crippen molar-refractivity contribution in [2.45, 2.75) is 18.9 Å². The molecule has 0 aromatic heterocycles. The number of hydrogen-bond acceptors (Lipinski definition) is 4. The smallest absolute Gasteiger partial charge is 0.255 e. The van der Waals surface area contributed by atoms with Gasteiger partial charge >= 0.3 is 0 Å². The van der Waals surface area contributed by atoms with Crippen LogP contribution in [-0.4, -0.2) is 24.4 Å². The van der Waals surface area contributed by atoms with Gasteiger partial charge in [-0.25, -0.2) is 0 Å². The third-order valence-electron chi connectivity index (χ3n) is 5.47. The molecule has 0 spiro atoms. The molecule has 5 rings (SSSR count). The van der Waals surface area contributed by atoms with Gasteiger partial charge < -0.3 is 20.3 Å². The van der Waals surface area contributed by atoms with Crippen molar-refractivity contribution in [3.8, 4) is 11.5 Å². The van der Waals surface area contributed by atoms with E-state index in [4.69, 9.17) is 4.74 Å². The van der Waals surface area contributed by atoms with Crippen molar-refractivity contribution in [3.05, 3.63) is 78.4 Å². The maximum absolute atomic E-state index is 12.7.